The second-order valence-electron chi connectivity index (χ2n) is 7.52. The molecule has 3 rings (SSSR count). The van der Waals surface area contributed by atoms with Crippen molar-refractivity contribution in [1.29, 1.82) is 0 Å². The van der Waals surface area contributed by atoms with E-state index >= 15 is 0 Å². The molecule has 0 aromatic heterocycles. The molecule has 132 valence electrons. The van der Waals surface area contributed by atoms with E-state index < -0.39 is 6.10 Å². The van der Waals surface area contributed by atoms with Gasteiger partial charge in [-0.25, -0.2) is 0 Å². The van der Waals surface area contributed by atoms with Crippen LogP contribution in [0.25, 0.3) is 0 Å². The Kier molecular flexibility index (Phi) is 4.71. The maximum atomic E-state index is 12.1. The van der Waals surface area contributed by atoms with Crippen LogP contribution < -0.4 is 15.0 Å². The van der Waals surface area contributed by atoms with E-state index in [9.17, 15) is 4.79 Å². The van der Waals surface area contributed by atoms with Gasteiger partial charge in [-0.15, -0.1) is 0 Å². The van der Waals surface area contributed by atoms with E-state index in [1.165, 1.54) is 11.1 Å². The fourth-order valence-electron chi connectivity index (χ4n) is 3.08. The zero-order valence-corrected chi connectivity index (χ0v) is 15.4. The molecule has 1 atom stereocenters. The van der Waals surface area contributed by atoms with Crippen LogP contribution in [0, 0.1) is 0 Å². The molecule has 0 saturated heterocycles. The number of benzene rings is 2. The van der Waals surface area contributed by atoms with Gasteiger partial charge < -0.3 is 15.0 Å². The van der Waals surface area contributed by atoms with Crippen LogP contribution in [0.3, 0.4) is 0 Å². The Hall–Kier alpha value is -2.49. The average Bonchev–Trinajstić information content (AvgIpc) is 2.60. The van der Waals surface area contributed by atoms with Crippen LogP contribution in [0.2, 0.25) is 0 Å². The summed E-state index contributed by atoms with van der Waals surface area (Å²) in [6.45, 7) is 7.94. The maximum Gasteiger partial charge on any atom is 0.262 e. The number of carbonyl (C=O) groups is 1. The van der Waals surface area contributed by atoms with Gasteiger partial charge >= 0.3 is 0 Å². The third kappa shape index (κ3) is 3.78. The summed E-state index contributed by atoms with van der Waals surface area (Å²) in [5.41, 5.74) is 3.72. The molecular weight excluding hydrogens is 312 g/mol. The molecule has 1 amide bonds. The molecule has 0 bridgehead atoms. The predicted molar refractivity (Wildman–Crippen MR) is 101 cm³/mol. The average molecular weight is 338 g/mol. The quantitative estimate of drug-likeness (QED) is 0.931. The molecule has 2 aromatic rings. The molecule has 1 aliphatic rings. The van der Waals surface area contributed by atoms with E-state index in [1.54, 1.807) is 7.05 Å². The van der Waals surface area contributed by atoms with Crippen molar-refractivity contribution in [2.45, 2.75) is 38.8 Å². The lowest BCUT2D eigenvalue weighted by Crippen LogP contribution is -2.47. The van der Waals surface area contributed by atoms with Crippen LogP contribution in [-0.4, -0.2) is 25.6 Å². The van der Waals surface area contributed by atoms with Gasteiger partial charge in [-0.2, -0.15) is 0 Å². The molecule has 0 aliphatic carbocycles. The third-order valence-electron chi connectivity index (χ3n) is 4.59. The topological polar surface area (TPSA) is 41.6 Å². The molecule has 4 heteroatoms. The number of hydrogen-bond acceptors (Lipinski definition) is 3. The Morgan fingerprint density at radius 3 is 2.48 bits per heavy atom. The van der Waals surface area contributed by atoms with E-state index in [0.29, 0.717) is 6.54 Å². The first kappa shape index (κ1) is 17.3. The second-order valence-corrected chi connectivity index (χ2v) is 7.52. The van der Waals surface area contributed by atoms with Crippen LogP contribution in [-0.2, 0) is 16.8 Å². The number of carbonyl (C=O) groups excluding carboxylic acids is 1. The van der Waals surface area contributed by atoms with Gasteiger partial charge in [-0.1, -0.05) is 57.2 Å². The zero-order chi connectivity index (χ0) is 18.0. The van der Waals surface area contributed by atoms with Crippen molar-refractivity contribution in [2.75, 3.05) is 18.5 Å². The Bertz CT molecular complexity index is 747. The molecule has 25 heavy (non-hydrogen) atoms. The lowest BCUT2D eigenvalue weighted by Gasteiger charge is -2.35. The first-order valence-corrected chi connectivity index (χ1v) is 8.70. The first-order valence-electron chi connectivity index (χ1n) is 8.70. The Morgan fingerprint density at radius 2 is 1.84 bits per heavy atom. The van der Waals surface area contributed by atoms with Gasteiger partial charge in [-0.3, -0.25) is 4.79 Å². The number of likely N-dealkylation sites (N-methyl/N-ethyl adjacent to an activating group) is 1. The Labute approximate surface area is 149 Å². The van der Waals surface area contributed by atoms with E-state index in [0.717, 1.165) is 18.0 Å². The zero-order valence-electron chi connectivity index (χ0n) is 15.4. The summed E-state index contributed by atoms with van der Waals surface area (Å²) >= 11 is 0. The number of ether oxygens (including phenoxy) is 1. The molecular formula is C21H26N2O2. The highest BCUT2D eigenvalue weighted by atomic mass is 16.5. The molecule has 1 heterocycles. The van der Waals surface area contributed by atoms with Crippen LogP contribution >= 0.6 is 0 Å². The van der Waals surface area contributed by atoms with E-state index in [-0.39, 0.29) is 11.3 Å². The minimum Gasteiger partial charge on any atom is -0.477 e. The van der Waals surface area contributed by atoms with Gasteiger partial charge in [0.15, 0.2) is 6.10 Å². The van der Waals surface area contributed by atoms with Crippen LogP contribution in [0.5, 0.6) is 5.75 Å². The van der Waals surface area contributed by atoms with Crippen molar-refractivity contribution in [2.24, 2.45) is 0 Å². The van der Waals surface area contributed by atoms with E-state index in [1.807, 2.05) is 24.3 Å². The number of nitrogens with one attached hydrogen (secondary N) is 1. The van der Waals surface area contributed by atoms with Gasteiger partial charge in [-0.05, 0) is 28.7 Å². The van der Waals surface area contributed by atoms with Crippen molar-refractivity contribution in [1.82, 2.24) is 5.32 Å². The van der Waals surface area contributed by atoms with Crippen molar-refractivity contribution >= 4 is 11.6 Å². The predicted octanol–water partition coefficient (Wildman–Crippen LogP) is 3.50. The van der Waals surface area contributed by atoms with Crippen LogP contribution in [0.15, 0.2) is 48.5 Å². The number of hydrogen-bond donors (Lipinski definition) is 1. The van der Waals surface area contributed by atoms with Gasteiger partial charge in [0.2, 0.25) is 0 Å². The molecule has 0 radical (unpaired) electrons. The highest BCUT2D eigenvalue weighted by Gasteiger charge is 2.30. The van der Waals surface area contributed by atoms with Crippen molar-refractivity contribution < 1.29 is 9.53 Å². The molecule has 4 nitrogen and oxygen atoms in total. The number of para-hydroxylation sites is 2. The minimum atomic E-state index is -0.492. The molecule has 0 unspecified atom stereocenters. The fraction of sp³-hybridized carbons (Fsp3) is 0.381. The SMILES string of the molecule is CNC(=O)[C@H]1CN(Cc2ccc(C(C)(C)C)cc2)c2ccccc2O1. The summed E-state index contributed by atoms with van der Waals surface area (Å²) in [6.07, 6.45) is -0.492. The number of amides is 1. The summed E-state index contributed by atoms with van der Waals surface area (Å²) in [6, 6.07) is 16.6. The largest absolute Gasteiger partial charge is 0.477 e. The highest BCUT2D eigenvalue weighted by Crippen LogP contribution is 2.34. The fourth-order valence-corrected chi connectivity index (χ4v) is 3.08. The van der Waals surface area contributed by atoms with Gasteiger partial charge in [0.25, 0.3) is 5.91 Å². The molecule has 0 spiro atoms. The minimum absolute atomic E-state index is 0.0948. The number of fused-ring (bicyclic) bond motifs is 1. The summed E-state index contributed by atoms with van der Waals surface area (Å²) in [4.78, 5) is 14.3. The third-order valence-corrected chi connectivity index (χ3v) is 4.59. The molecule has 0 saturated carbocycles. The van der Waals surface area contributed by atoms with Gasteiger partial charge in [0.05, 0.1) is 12.2 Å². The lowest BCUT2D eigenvalue weighted by atomic mass is 9.87. The second kappa shape index (κ2) is 6.79. The summed E-state index contributed by atoms with van der Waals surface area (Å²) in [7, 11) is 1.64. The highest BCUT2D eigenvalue weighted by molar-refractivity contribution is 5.83. The van der Waals surface area contributed by atoms with Crippen molar-refractivity contribution in [3.63, 3.8) is 0 Å². The van der Waals surface area contributed by atoms with Crippen molar-refractivity contribution in [3.8, 4) is 5.75 Å². The van der Waals surface area contributed by atoms with Gasteiger partial charge in [0, 0.05) is 13.6 Å². The Balaban J connectivity index is 1.84. The molecule has 1 aliphatic heterocycles. The number of rotatable bonds is 3. The first-order chi connectivity index (χ1) is 11.9. The maximum absolute atomic E-state index is 12.1. The summed E-state index contributed by atoms with van der Waals surface area (Å²) in [5, 5.41) is 2.68. The Morgan fingerprint density at radius 1 is 1.16 bits per heavy atom. The normalized spacial score (nSPS) is 16.8. The van der Waals surface area contributed by atoms with E-state index in [4.69, 9.17) is 4.74 Å². The summed E-state index contributed by atoms with van der Waals surface area (Å²) < 4.78 is 5.86. The number of nitrogens with zero attached hydrogens (tertiary/aromatic N) is 1. The molecule has 2 aromatic carbocycles. The standard InChI is InChI=1S/C21H26N2O2/c1-21(2,3)16-11-9-15(10-12-16)13-23-14-19(20(24)22-4)25-18-8-6-5-7-17(18)23/h5-12,19H,13-14H2,1-4H3,(H,22,24)/t19-/m1/s1. The van der Waals surface area contributed by atoms with Gasteiger partial charge in [0.1, 0.15) is 5.75 Å². The lowest BCUT2D eigenvalue weighted by molar-refractivity contribution is -0.127. The number of anilines is 1. The molecule has 0 fully saturated rings. The van der Waals surface area contributed by atoms with E-state index in [2.05, 4.69) is 55.3 Å². The smallest absolute Gasteiger partial charge is 0.262 e. The van der Waals surface area contributed by atoms with Crippen molar-refractivity contribution in [3.05, 3.63) is 59.7 Å². The summed E-state index contributed by atoms with van der Waals surface area (Å²) in [5.74, 6) is 0.663. The van der Waals surface area contributed by atoms with Crippen LogP contribution in [0.1, 0.15) is 31.9 Å². The van der Waals surface area contributed by atoms with Crippen LogP contribution in [0.4, 0.5) is 5.69 Å². The monoisotopic (exact) mass is 338 g/mol. The molecule has 1 N–H and O–H groups in total.